The molecule has 1 rings (SSSR count). The van der Waals surface area contributed by atoms with Crippen molar-refractivity contribution in [2.45, 2.75) is 64.5 Å². The molecule has 0 heterocycles. The second kappa shape index (κ2) is 6.75. The number of amidine groups is 1. The Hall–Kier alpha value is -1.30. The van der Waals surface area contributed by atoms with Crippen molar-refractivity contribution < 1.29 is 15.1 Å². The van der Waals surface area contributed by atoms with Crippen LogP contribution in [-0.2, 0) is 4.79 Å². The molecule has 1 aliphatic carbocycles. The number of nitrogens with zero attached hydrogens (tertiary/aromatic N) is 1. The maximum atomic E-state index is 12.3. The molecule has 0 aromatic heterocycles. The number of hydrogen-bond acceptors (Lipinski definition) is 4. The Morgan fingerprint density at radius 2 is 2.05 bits per heavy atom. The van der Waals surface area contributed by atoms with Crippen molar-refractivity contribution in [2.75, 3.05) is 0 Å². The van der Waals surface area contributed by atoms with E-state index in [-0.39, 0.29) is 17.8 Å². The minimum absolute atomic E-state index is 0.101. The molecule has 0 spiro atoms. The zero-order valence-corrected chi connectivity index (χ0v) is 11.7. The Morgan fingerprint density at radius 3 is 2.63 bits per heavy atom. The number of nitrogens with one attached hydrogen (secondary N) is 1. The predicted molar refractivity (Wildman–Crippen MR) is 72.8 cm³/mol. The van der Waals surface area contributed by atoms with Gasteiger partial charge in [-0.25, -0.2) is 0 Å². The lowest BCUT2D eigenvalue weighted by atomic mass is 9.84. The van der Waals surface area contributed by atoms with Crippen LogP contribution in [0.15, 0.2) is 5.16 Å². The molecule has 110 valence electrons. The largest absolute Gasteiger partial charge is 0.409 e. The standard InChI is InChI=1S/C13H25N3O3/c1-3-13(2,11(14)16-19)12(18)15-9-7-5-4-6-8-10(9)17/h9-10,17,19H,3-8H2,1-2H3,(H2,14,16)(H,15,18). The molecule has 0 bridgehead atoms. The second-order valence-corrected chi connectivity index (χ2v) is 5.46. The maximum absolute atomic E-state index is 12.3. The number of rotatable bonds is 4. The van der Waals surface area contributed by atoms with E-state index in [0.29, 0.717) is 12.8 Å². The van der Waals surface area contributed by atoms with Crippen molar-refractivity contribution in [1.82, 2.24) is 5.32 Å². The van der Waals surface area contributed by atoms with Crippen LogP contribution in [-0.4, -0.2) is 34.2 Å². The number of nitrogens with two attached hydrogens (primary N) is 1. The minimum Gasteiger partial charge on any atom is -0.409 e. The van der Waals surface area contributed by atoms with Crippen molar-refractivity contribution in [3.63, 3.8) is 0 Å². The number of aliphatic hydroxyl groups excluding tert-OH is 1. The van der Waals surface area contributed by atoms with Gasteiger partial charge in [-0.3, -0.25) is 4.79 Å². The highest BCUT2D eigenvalue weighted by Gasteiger charge is 2.38. The smallest absolute Gasteiger partial charge is 0.233 e. The maximum Gasteiger partial charge on any atom is 0.233 e. The van der Waals surface area contributed by atoms with Gasteiger partial charge in [0, 0.05) is 0 Å². The topological polar surface area (TPSA) is 108 Å². The van der Waals surface area contributed by atoms with E-state index in [4.69, 9.17) is 10.9 Å². The zero-order chi connectivity index (χ0) is 14.5. The molecule has 5 N–H and O–H groups in total. The Labute approximate surface area is 114 Å². The summed E-state index contributed by atoms with van der Waals surface area (Å²) in [7, 11) is 0. The van der Waals surface area contributed by atoms with Crippen LogP contribution in [0.1, 0.15) is 52.4 Å². The highest BCUT2D eigenvalue weighted by Crippen LogP contribution is 2.24. The van der Waals surface area contributed by atoms with E-state index in [1.807, 2.05) is 0 Å². The van der Waals surface area contributed by atoms with Crippen molar-refractivity contribution in [3.05, 3.63) is 0 Å². The van der Waals surface area contributed by atoms with E-state index in [9.17, 15) is 9.90 Å². The molecular formula is C13H25N3O3. The van der Waals surface area contributed by atoms with E-state index < -0.39 is 11.5 Å². The summed E-state index contributed by atoms with van der Waals surface area (Å²) in [6.07, 6.45) is 4.44. The van der Waals surface area contributed by atoms with Gasteiger partial charge in [-0.15, -0.1) is 0 Å². The molecule has 1 fully saturated rings. The summed E-state index contributed by atoms with van der Waals surface area (Å²) in [6, 6.07) is -0.243. The van der Waals surface area contributed by atoms with Crippen molar-refractivity contribution in [3.8, 4) is 0 Å². The Balaban J connectivity index is 2.76. The monoisotopic (exact) mass is 271 g/mol. The quantitative estimate of drug-likeness (QED) is 0.201. The third-order valence-corrected chi connectivity index (χ3v) is 4.18. The summed E-state index contributed by atoms with van der Waals surface area (Å²) >= 11 is 0. The molecule has 0 aliphatic heterocycles. The van der Waals surface area contributed by atoms with Gasteiger partial charge in [0.25, 0.3) is 0 Å². The van der Waals surface area contributed by atoms with Gasteiger partial charge in [-0.05, 0) is 26.2 Å². The molecule has 1 saturated carbocycles. The Kier molecular flexibility index (Phi) is 5.60. The number of amides is 1. The van der Waals surface area contributed by atoms with Gasteiger partial charge < -0.3 is 21.4 Å². The molecule has 19 heavy (non-hydrogen) atoms. The van der Waals surface area contributed by atoms with Gasteiger partial charge in [0.1, 0.15) is 5.41 Å². The van der Waals surface area contributed by atoms with Gasteiger partial charge in [0.05, 0.1) is 12.1 Å². The molecule has 0 saturated heterocycles. The molecule has 3 atom stereocenters. The van der Waals surface area contributed by atoms with Crippen molar-refractivity contribution >= 4 is 11.7 Å². The van der Waals surface area contributed by atoms with Crippen LogP contribution in [0.25, 0.3) is 0 Å². The van der Waals surface area contributed by atoms with Gasteiger partial charge in [-0.1, -0.05) is 31.3 Å². The van der Waals surface area contributed by atoms with Crippen LogP contribution in [0.2, 0.25) is 0 Å². The van der Waals surface area contributed by atoms with Gasteiger partial charge in [0.15, 0.2) is 5.84 Å². The molecular weight excluding hydrogens is 246 g/mol. The summed E-state index contributed by atoms with van der Waals surface area (Å²) in [5, 5.41) is 24.6. The lowest BCUT2D eigenvalue weighted by molar-refractivity contribution is -0.128. The fourth-order valence-corrected chi connectivity index (χ4v) is 2.35. The lowest BCUT2D eigenvalue weighted by Crippen LogP contribution is -2.53. The summed E-state index contributed by atoms with van der Waals surface area (Å²) in [4.78, 5) is 12.3. The fourth-order valence-electron chi connectivity index (χ4n) is 2.35. The van der Waals surface area contributed by atoms with E-state index in [2.05, 4.69) is 10.5 Å². The molecule has 0 aromatic rings. The number of hydrogen-bond donors (Lipinski definition) is 4. The van der Waals surface area contributed by atoms with E-state index in [1.165, 1.54) is 0 Å². The summed E-state index contributed by atoms with van der Waals surface area (Å²) < 4.78 is 0. The summed E-state index contributed by atoms with van der Waals surface area (Å²) in [6.45, 7) is 3.45. The lowest BCUT2D eigenvalue weighted by Gasteiger charge is -2.30. The van der Waals surface area contributed by atoms with Gasteiger partial charge in [0.2, 0.25) is 5.91 Å². The Bertz CT molecular complexity index is 346. The average molecular weight is 271 g/mol. The average Bonchev–Trinajstić information content (AvgIpc) is 2.62. The third kappa shape index (κ3) is 3.59. The van der Waals surface area contributed by atoms with E-state index >= 15 is 0 Å². The molecule has 6 heteroatoms. The first-order chi connectivity index (χ1) is 8.95. The molecule has 1 amide bonds. The number of carbonyl (C=O) groups is 1. The van der Waals surface area contributed by atoms with Crippen LogP contribution in [0.3, 0.4) is 0 Å². The van der Waals surface area contributed by atoms with Crippen LogP contribution < -0.4 is 11.1 Å². The fraction of sp³-hybridized carbons (Fsp3) is 0.846. The van der Waals surface area contributed by atoms with Crippen LogP contribution in [0.5, 0.6) is 0 Å². The molecule has 0 aromatic carbocycles. The second-order valence-electron chi connectivity index (χ2n) is 5.46. The molecule has 0 radical (unpaired) electrons. The zero-order valence-electron chi connectivity index (χ0n) is 11.7. The minimum atomic E-state index is -1.04. The highest BCUT2D eigenvalue weighted by atomic mass is 16.4. The molecule has 3 unspecified atom stereocenters. The normalized spacial score (nSPS) is 28.3. The number of carbonyl (C=O) groups excluding carboxylic acids is 1. The SMILES string of the molecule is CCC(C)(C(=O)NC1CCCCCC1O)C(N)=NO. The summed E-state index contributed by atoms with van der Waals surface area (Å²) in [5.74, 6) is -0.396. The summed E-state index contributed by atoms with van der Waals surface area (Å²) in [5.41, 5.74) is 4.57. The van der Waals surface area contributed by atoms with E-state index in [1.54, 1.807) is 13.8 Å². The van der Waals surface area contributed by atoms with Crippen LogP contribution in [0, 0.1) is 5.41 Å². The van der Waals surface area contributed by atoms with Gasteiger partial charge >= 0.3 is 0 Å². The molecule has 6 nitrogen and oxygen atoms in total. The van der Waals surface area contributed by atoms with Crippen LogP contribution in [0.4, 0.5) is 0 Å². The van der Waals surface area contributed by atoms with Crippen LogP contribution >= 0.6 is 0 Å². The molecule has 1 aliphatic rings. The van der Waals surface area contributed by atoms with Crippen molar-refractivity contribution in [2.24, 2.45) is 16.3 Å². The van der Waals surface area contributed by atoms with E-state index in [0.717, 1.165) is 25.7 Å². The van der Waals surface area contributed by atoms with Crippen molar-refractivity contribution in [1.29, 1.82) is 0 Å². The van der Waals surface area contributed by atoms with Gasteiger partial charge in [-0.2, -0.15) is 0 Å². The third-order valence-electron chi connectivity index (χ3n) is 4.18. The predicted octanol–water partition coefficient (Wildman–Crippen LogP) is 0.959. The first-order valence-electron chi connectivity index (χ1n) is 6.92. The first-order valence-corrected chi connectivity index (χ1v) is 6.92. The number of oxime groups is 1. The highest BCUT2D eigenvalue weighted by molar-refractivity contribution is 6.06. The Morgan fingerprint density at radius 1 is 1.42 bits per heavy atom. The number of aliphatic hydroxyl groups is 1. The first kappa shape index (κ1) is 15.8.